The lowest BCUT2D eigenvalue weighted by atomic mass is 10.1. The standard InChI is InChI=1S/C20H22ClN3O5S/c1-4-24(5-2)30(27,28)13-7-6-12(3)14(8-13)20(26)23-16-10-18-17(9-15(16)21)22-19(25)11-29-18/h6-10H,4-5,11H2,1-3H3,(H,22,25)(H,23,26). The molecule has 0 aromatic heterocycles. The molecular weight excluding hydrogens is 430 g/mol. The second-order valence-electron chi connectivity index (χ2n) is 6.69. The van der Waals surface area contributed by atoms with Crippen molar-refractivity contribution in [2.45, 2.75) is 25.7 Å². The minimum Gasteiger partial charge on any atom is -0.482 e. The summed E-state index contributed by atoms with van der Waals surface area (Å²) in [4.78, 5) is 24.4. The molecule has 0 saturated carbocycles. The Morgan fingerprint density at radius 3 is 2.60 bits per heavy atom. The number of hydrogen-bond donors (Lipinski definition) is 2. The average Bonchev–Trinajstić information content (AvgIpc) is 2.69. The van der Waals surface area contributed by atoms with E-state index in [0.29, 0.717) is 30.1 Å². The van der Waals surface area contributed by atoms with Crippen LogP contribution in [-0.2, 0) is 14.8 Å². The molecule has 30 heavy (non-hydrogen) atoms. The summed E-state index contributed by atoms with van der Waals surface area (Å²) < 4.78 is 32.3. The van der Waals surface area contributed by atoms with Crippen molar-refractivity contribution >= 4 is 44.8 Å². The number of hydrogen-bond acceptors (Lipinski definition) is 5. The minimum absolute atomic E-state index is 0.0459. The number of aryl methyl sites for hydroxylation is 1. The Bertz CT molecular complexity index is 1110. The maximum atomic E-state index is 12.9. The zero-order chi connectivity index (χ0) is 22.1. The highest BCUT2D eigenvalue weighted by Gasteiger charge is 2.24. The topological polar surface area (TPSA) is 105 Å². The molecule has 3 rings (SSSR count). The number of fused-ring (bicyclic) bond motifs is 1. The van der Waals surface area contributed by atoms with Crippen LogP contribution in [0.1, 0.15) is 29.8 Å². The predicted molar refractivity (Wildman–Crippen MR) is 115 cm³/mol. The summed E-state index contributed by atoms with van der Waals surface area (Å²) >= 11 is 6.24. The molecule has 2 amide bonds. The molecular formula is C20H22ClN3O5S. The zero-order valence-electron chi connectivity index (χ0n) is 16.8. The number of nitrogens with zero attached hydrogens (tertiary/aromatic N) is 1. The quantitative estimate of drug-likeness (QED) is 0.701. The largest absolute Gasteiger partial charge is 0.482 e. The number of benzene rings is 2. The molecule has 2 aromatic rings. The number of ether oxygens (including phenoxy) is 1. The van der Waals surface area contributed by atoms with Crippen LogP contribution in [0.4, 0.5) is 11.4 Å². The van der Waals surface area contributed by atoms with Gasteiger partial charge in [0.25, 0.3) is 11.8 Å². The van der Waals surface area contributed by atoms with Crippen LogP contribution >= 0.6 is 11.6 Å². The Labute approximate surface area is 180 Å². The summed E-state index contributed by atoms with van der Waals surface area (Å²) in [5.41, 5.74) is 1.53. The van der Waals surface area contributed by atoms with Crippen LogP contribution in [-0.4, -0.2) is 44.2 Å². The highest BCUT2D eigenvalue weighted by atomic mass is 35.5. The predicted octanol–water partition coefficient (Wildman–Crippen LogP) is 3.26. The van der Waals surface area contributed by atoms with Gasteiger partial charge in [-0.1, -0.05) is 31.5 Å². The molecule has 0 unspecified atom stereocenters. The summed E-state index contributed by atoms with van der Waals surface area (Å²) in [6, 6.07) is 7.44. The number of amides is 2. The van der Waals surface area contributed by atoms with E-state index < -0.39 is 15.9 Å². The van der Waals surface area contributed by atoms with Crippen molar-refractivity contribution in [1.82, 2.24) is 4.31 Å². The van der Waals surface area contributed by atoms with Crippen LogP contribution in [0.5, 0.6) is 5.75 Å². The normalized spacial score (nSPS) is 13.4. The van der Waals surface area contributed by atoms with Gasteiger partial charge in [0.1, 0.15) is 5.75 Å². The maximum absolute atomic E-state index is 12.9. The molecule has 0 saturated heterocycles. The lowest BCUT2D eigenvalue weighted by Crippen LogP contribution is -2.30. The number of halogens is 1. The van der Waals surface area contributed by atoms with Gasteiger partial charge in [-0.05, 0) is 30.7 Å². The van der Waals surface area contributed by atoms with Crippen molar-refractivity contribution in [3.05, 3.63) is 46.5 Å². The Morgan fingerprint density at radius 1 is 1.23 bits per heavy atom. The first-order chi connectivity index (χ1) is 14.2. The first-order valence-corrected chi connectivity index (χ1v) is 11.2. The summed E-state index contributed by atoms with van der Waals surface area (Å²) in [5.74, 6) is -0.424. The number of carbonyl (C=O) groups is 2. The SMILES string of the molecule is CCN(CC)S(=O)(=O)c1ccc(C)c(C(=O)Nc2cc3c(cc2Cl)NC(=O)CO3)c1. The van der Waals surface area contributed by atoms with Crippen molar-refractivity contribution in [2.75, 3.05) is 30.3 Å². The third-order valence-corrected chi connectivity index (χ3v) is 7.11. The number of rotatable bonds is 6. The Hall–Kier alpha value is -2.62. The molecule has 0 fully saturated rings. The molecule has 0 bridgehead atoms. The molecule has 8 nitrogen and oxygen atoms in total. The van der Waals surface area contributed by atoms with E-state index in [4.69, 9.17) is 16.3 Å². The Morgan fingerprint density at radius 2 is 1.93 bits per heavy atom. The van der Waals surface area contributed by atoms with Crippen LogP contribution in [0.2, 0.25) is 5.02 Å². The second-order valence-corrected chi connectivity index (χ2v) is 9.03. The average molecular weight is 452 g/mol. The number of carbonyl (C=O) groups excluding carboxylic acids is 2. The van der Waals surface area contributed by atoms with Crippen LogP contribution in [0.3, 0.4) is 0 Å². The fourth-order valence-electron chi connectivity index (χ4n) is 3.10. The summed E-state index contributed by atoms with van der Waals surface area (Å²) in [7, 11) is -3.71. The summed E-state index contributed by atoms with van der Waals surface area (Å²) in [6.07, 6.45) is 0. The van der Waals surface area contributed by atoms with E-state index >= 15 is 0 Å². The first-order valence-electron chi connectivity index (χ1n) is 9.35. The van der Waals surface area contributed by atoms with Crippen LogP contribution in [0, 0.1) is 6.92 Å². The molecule has 2 aromatic carbocycles. The molecule has 10 heteroatoms. The molecule has 1 aliphatic heterocycles. The highest BCUT2D eigenvalue weighted by Crippen LogP contribution is 2.36. The van der Waals surface area contributed by atoms with E-state index in [0.717, 1.165) is 0 Å². The van der Waals surface area contributed by atoms with Crippen LogP contribution < -0.4 is 15.4 Å². The fourth-order valence-corrected chi connectivity index (χ4v) is 4.80. The van der Waals surface area contributed by atoms with Gasteiger partial charge in [0.05, 0.1) is 21.3 Å². The third kappa shape index (κ3) is 4.28. The molecule has 2 N–H and O–H groups in total. The molecule has 1 heterocycles. The third-order valence-electron chi connectivity index (χ3n) is 4.75. The maximum Gasteiger partial charge on any atom is 0.262 e. The monoisotopic (exact) mass is 451 g/mol. The van der Waals surface area contributed by atoms with Crippen molar-refractivity contribution in [2.24, 2.45) is 0 Å². The van der Waals surface area contributed by atoms with Gasteiger partial charge in [-0.25, -0.2) is 8.42 Å². The molecule has 160 valence electrons. The highest BCUT2D eigenvalue weighted by molar-refractivity contribution is 7.89. The van der Waals surface area contributed by atoms with E-state index in [1.807, 2.05) is 0 Å². The van der Waals surface area contributed by atoms with E-state index in [2.05, 4.69) is 10.6 Å². The van der Waals surface area contributed by atoms with Crippen molar-refractivity contribution < 1.29 is 22.7 Å². The molecule has 0 radical (unpaired) electrons. The molecule has 1 aliphatic rings. The van der Waals surface area contributed by atoms with Gasteiger partial charge in [-0.15, -0.1) is 0 Å². The van der Waals surface area contributed by atoms with E-state index in [1.54, 1.807) is 26.8 Å². The van der Waals surface area contributed by atoms with E-state index in [-0.39, 0.29) is 33.7 Å². The van der Waals surface area contributed by atoms with Gasteiger partial charge in [0.15, 0.2) is 6.61 Å². The van der Waals surface area contributed by atoms with E-state index in [9.17, 15) is 18.0 Å². The van der Waals surface area contributed by atoms with E-state index in [1.165, 1.54) is 28.6 Å². The molecule has 0 aliphatic carbocycles. The van der Waals surface area contributed by atoms with Crippen molar-refractivity contribution in [3.8, 4) is 5.75 Å². The number of sulfonamides is 1. The summed E-state index contributed by atoms with van der Waals surface area (Å²) in [5, 5.41) is 5.53. The second kappa shape index (κ2) is 8.63. The smallest absolute Gasteiger partial charge is 0.262 e. The van der Waals surface area contributed by atoms with Gasteiger partial charge >= 0.3 is 0 Å². The number of anilines is 2. The zero-order valence-corrected chi connectivity index (χ0v) is 18.4. The van der Waals surface area contributed by atoms with Crippen molar-refractivity contribution in [1.29, 1.82) is 0 Å². The lowest BCUT2D eigenvalue weighted by Gasteiger charge is -2.20. The number of nitrogens with one attached hydrogen (secondary N) is 2. The summed E-state index contributed by atoms with van der Waals surface area (Å²) in [6.45, 7) is 5.75. The fraction of sp³-hybridized carbons (Fsp3) is 0.300. The first kappa shape index (κ1) is 22.1. The van der Waals surface area contributed by atoms with Crippen molar-refractivity contribution in [3.63, 3.8) is 0 Å². The van der Waals surface area contributed by atoms with Gasteiger partial charge in [-0.3, -0.25) is 9.59 Å². The minimum atomic E-state index is -3.71. The van der Waals surface area contributed by atoms with Gasteiger partial charge in [0, 0.05) is 24.7 Å². The molecule has 0 spiro atoms. The van der Waals surface area contributed by atoms with Crippen LogP contribution in [0.25, 0.3) is 0 Å². The lowest BCUT2D eigenvalue weighted by molar-refractivity contribution is -0.118. The Balaban J connectivity index is 1.92. The Kier molecular flexibility index (Phi) is 6.35. The van der Waals surface area contributed by atoms with Gasteiger partial charge in [0.2, 0.25) is 10.0 Å². The van der Waals surface area contributed by atoms with Gasteiger partial charge < -0.3 is 15.4 Å². The van der Waals surface area contributed by atoms with Crippen LogP contribution in [0.15, 0.2) is 35.2 Å². The van der Waals surface area contributed by atoms with Gasteiger partial charge in [-0.2, -0.15) is 4.31 Å². The molecule has 0 atom stereocenters.